The average molecular weight is 356 g/mol. The number of nitrogens with zero attached hydrogens (tertiary/aromatic N) is 2. The van der Waals surface area contributed by atoms with Crippen molar-refractivity contribution in [3.05, 3.63) is 46.9 Å². The van der Waals surface area contributed by atoms with Gasteiger partial charge in [0.2, 0.25) is 5.91 Å². The Morgan fingerprint density at radius 2 is 2.00 bits per heavy atom. The fraction of sp³-hybridized carbons (Fsp3) is 0.500. The lowest BCUT2D eigenvalue weighted by molar-refractivity contribution is -0.140. The van der Waals surface area contributed by atoms with Crippen molar-refractivity contribution in [2.45, 2.75) is 50.0 Å². The van der Waals surface area contributed by atoms with E-state index < -0.39 is 0 Å². The van der Waals surface area contributed by atoms with E-state index in [1.807, 2.05) is 12.1 Å². The number of likely N-dealkylation sites (tertiary alicyclic amines) is 1. The summed E-state index contributed by atoms with van der Waals surface area (Å²) in [5.41, 5.74) is -0.285. The summed E-state index contributed by atoms with van der Waals surface area (Å²) in [6.45, 7) is 1.54. The number of pyridine rings is 1. The normalized spacial score (nSPS) is 22.7. The minimum Gasteiger partial charge on any atom is -0.488 e. The quantitative estimate of drug-likeness (QED) is 0.831. The maximum atomic E-state index is 13.5. The van der Waals surface area contributed by atoms with Gasteiger partial charge in [-0.25, -0.2) is 0 Å². The number of thiophene rings is 1. The van der Waals surface area contributed by atoms with Crippen molar-refractivity contribution in [2.75, 3.05) is 13.1 Å². The van der Waals surface area contributed by atoms with Crippen LogP contribution in [0.1, 0.15) is 43.4 Å². The Kier molecular flexibility index (Phi) is 4.75. The summed E-state index contributed by atoms with van der Waals surface area (Å²) >= 11 is 1.73. The van der Waals surface area contributed by atoms with Gasteiger partial charge >= 0.3 is 0 Å². The monoisotopic (exact) mass is 356 g/mol. The fourth-order valence-electron chi connectivity index (χ4n) is 4.23. The third-order valence-corrected chi connectivity index (χ3v) is 6.55. The largest absolute Gasteiger partial charge is 0.488 e. The fourth-order valence-corrected chi connectivity index (χ4v) is 5.20. The summed E-state index contributed by atoms with van der Waals surface area (Å²) in [7, 11) is 0. The highest BCUT2D eigenvalue weighted by atomic mass is 32.1. The predicted octanol–water partition coefficient (Wildman–Crippen LogP) is 4.02. The molecule has 5 heteroatoms. The van der Waals surface area contributed by atoms with Crippen molar-refractivity contribution in [3.63, 3.8) is 0 Å². The standard InChI is InChI=1S/C20H24N2O2S/c23-19(20(9-1-2-10-20)18-6-4-14-25-18)22-13-3-5-17(15-22)24-16-7-11-21-12-8-16/h4,6-8,11-12,14,17H,1-3,5,9-10,13,15H2. The van der Waals surface area contributed by atoms with Gasteiger partial charge in [0, 0.05) is 23.8 Å². The summed E-state index contributed by atoms with van der Waals surface area (Å²) in [5, 5.41) is 2.09. The lowest BCUT2D eigenvalue weighted by Gasteiger charge is -2.38. The second kappa shape index (κ2) is 7.16. The minimum atomic E-state index is -0.285. The highest BCUT2D eigenvalue weighted by Gasteiger charge is 2.46. The highest BCUT2D eigenvalue weighted by Crippen LogP contribution is 2.44. The van der Waals surface area contributed by atoms with Gasteiger partial charge in [0.1, 0.15) is 11.9 Å². The molecule has 1 aliphatic heterocycles. The summed E-state index contributed by atoms with van der Waals surface area (Å²) in [5.74, 6) is 1.15. The molecule has 1 aliphatic carbocycles. The Labute approximate surface area is 152 Å². The summed E-state index contributed by atoms with van der Waals surface area (Å²) < 4.78 is 6.09. The molecule has 132 valence electrons. The molecule has 4 rings (SSSR count). The Hall–Kier alpha value is -1.88. The van der Waals surface area contributed by atoms with Gasteiger partial charge in [-0.05, 0) is 49.3 Å². The van der Waals surface area contributed by atoms with Gasteiger partial charge in [-0.2, -0.15) is 0 Å². The second-order valence-corrected chi connectivity index (χ2v) is 8.03. The van der Waals surface area contributed by atoms with E-state index in [9.17, 15) is 4.79 Å². The molecule has 0 N–H and O–H groups in total. The molecule has 3 heterocycles. The van der Waals surface area contributed by atoms with E-state index in [2.05, 4.69) is 27.4 Å². The third-order valence-electron chi connectivity index (χ3n) is 5.48. The maximum absolute atomic E-state index is 13.5. The van der Waals surface area contributed by atoms with Crippen molar-refractivity contribution in [3.8, 4) is 5.75 Å². The third kappa shape index (κ3) is 3.30. The topological polar surface area (TPSA) is 42.4 Å². The summed E-state index contributed by atoms with van der Waals surface area (Å²) in [6.07, 6.45) is 9.82. The zero-order valence-electron chi connectivity index (χ0n) is 14.4. The number of aromatic nitrogens is 1. The van der Waals surface area contributed by atoms with E-state index in [-0.39, 0.29) is 11.5 Å². The van der Waals surface area contributed by atoms with Gasteiger partial charge in [-0.15, -0.1) is 11.3 Å². The minimum absolute atomic E-state index is 0.0712. The van der Waals surface area contributed by atoms with Crippen LogP contribution in [0.5, 0.6) is 5.75 Å². The molecule has 0 radical (unpaired) electrons. The molecule has 0 spiro atoms. The molecule has 2 aromatic heterocycles. The van der Waals surface area contributed by atoms with Crippen LogP contribution in [0, 0.1) is 0 Å². The molecule has 2 fully saturated rings. The molecule has 25 heavy (non-hydrogen) atoms. The molecule has 1 saturated heterocycles. The Morgan fingerprint density at radius 1 is 1.20 bits per heavy atom. The number of piperidine rings is 1. The number of hydrogen-bond acceptors (Lipinski definition) is 4. The van der Waals surface area contributed by atoms with Crippen molar-refractivity contribution in [1.82, 2.24) is 9.88 Å². The number of amides is 1. The van der Waals surface area contributed by atoms with Crippen molar-refractivity contribution < 1.29 is 9.53 Å². The second-order valence-electron chi connectivity index (χ2n) is 7.08. The Morgan fingerprint density at radius 3 is 2.72 bits per heavy atom. The van der Waals surface area contributed by atoms with Crippen LogP contribution in [-0.4, -0.2) is 35.0 Å². The van der Waals surface area contributed by atoms with Crippen LogP contribution in [0.2, 0.25) is 0 Å². The van der Waals surface area contributed by atoms with E-state index >= 15 is 0 Å². The molecule has 1 saturated carbocycles. The molecule has 0 bridgehead atoms. The first-order chi connectivity index (χ1) is 12.3. The number of carbonyl (C=O) groups excluding carboxylic acids is 1. The first-order valence-electron chi connectivity index (χ1n) is 9.18. The lowest BCUT2D eigenvalue weighted by Crippen LogP contribution is -2.51. The molecule has 2 aromatic rings. The van der Waals surface area contributed by atoms with Gasteiger partial charge in [-0.1, -0.05) is 18.9 Å². The van der Waals surface area contributed by atoms with Crippen molar-refractivity contribution >= 4 is 17.2 Å². The predicted molar refractivity (Wildman–Crippen MR) is 98.9 cm³/mol. The molecule has 2 aliphatic rings. The first kappa shape index (κ1) is 16.6. The van der Waals surface area contributed by atoms with Gasteiger partial charge in [0.15, 0.2) is 0 Å². The average Bonchev–Trinajstić information content (AvgIpc) is 3.34. The van der Waals surface area contributed by atoms with Crippen LogP contribution in [0.4, 0.5) is 0 Å². The van der Waals surface area contributed by atoms with E-state index in [1.54, 1.807) is 23.7 Å². The van der Waals surface area contributed by atoms with Gasteiger partial charge in [0.25, 0.3) is 0 Å². The number of carbonyl (C=O) groups is 1. The zero-order valence-corrected chi connectivity index (χ0v) is 15.2. The van der Waals surface area contributed by atoms with E-state index in [4.69, 9.17) is 4.74 Å². The SMILES string of the molecule is O=C(N1CCCC(Oc2ccncc2)C1)C1(c2cccs2)CCCC1. The van der Waals surface area contributed by atoms with Crippen LogP contribution in [-0.2, 0) is 10.2 Å². The number of ether oxygens (including phenoxy) is 1. The van der Waals surface area contributed by atoms with E-state index in [0.717, 1.165) is 50.8 Å². The number of rotatable bonds is 4. The summed E-state index contributed by atoms with van der Waals surface area (Å²) in [4.78, 5) is 20.8. The highest BCUT2D eigenvalue weighted by molar-refractivity contribution is 7.10. The summed E-state index contributed by atoms with van der Waals surface area (Å²) in [6, 6.07) is 7.97. The molecular formula is C20H24N2O2S. The molecule has 1 amide bonds. The Bertz CT molecular complexity index is 696. The van der Waals surface area contributed by atoms with E-state index in [0.29, 0.717) is 12.5 Å². The Balaban J connectivity index is 1.49. The van der Waals surface area contributed by atoms with Gasteiger partial charge in [0.05, 0.1) is 12.0 Å². The van der Waals surface area contributed by atoms with Crippen LogP contribution < -0.4 is 4.74 Å². The van der Waals surface area contributed by atoms with Crippen LogP contribution in [0.25, 0.3) is 0 Å². The van der Waals surface area contributed by atoms with Crippen molar-refractivity contribution in [2.24, 2.45) is 0 Å². The van der Waals surface area contributed by atoms with Gasteiger partial charge in [-0.3, -0.25) is 9.78 Å². The zero-order chi connectivity index (χ0) is 17.1. The molecular weight excluding hydrogens is 332 g/mol. The van der Waals surface area contributed by atoms with Crippen LogP contribution >= 0.6 is 11.3 Å². The van der Waals surface area contributed by atoms with Crippen LogP contribution in [0.3, 0.4) is 0 Å². The smallest absolute Gasteiger partial charge is 0.234 e. The molecule has 0 aromatic carbocycles. The lowest BCUT2D eigenvalue weighted by atomic mass is 9.82. The molecule has 1 atom stereocenters. The van der Waals surface area contributed by atoms with Crippen LogP contribution in [0.15, 0.2) is 42.0 Å². The van der Waals surface area contributed by atoms with Crippen molar-refractivity contribution in [1.29, 1.82) is 0 Å². The first-order valence-corrected chi connectivity index (χ1v) is 10.1. The van der Waals surface area contributed by atoms with E-state index in [1.165, 1.54) is 4.88 Å². The molecule has 1 unspecified atom stereocenters. The van der Waals surface area contributed by atoms with Gasteiger partial charge < -0.3 is 9.64 Å². The maximum Gasteiger partial charge on any atom is 0.234 e. The number of hydrogen-bond donors (Lipinski definition) is 0. The molecule has 4 nitrogen and oxygen atoms in total.